The molecule has 2 aromatic rings. The Morgan fingerprint density at radius 2 is 1.73 bits per heavy atom. The summed E-state index contributed by atoms with van der Waals surface area (Å²) in [4.78, 5) is 33.1. The third-order valence-electron chi connectivity index (χ3n) is 3.43. The number of carbonyl (C=O) groups is 2. The molecule has 0 atom stereocenters. The van der Waals surface area contributed by atoms with Crippen LogP contribution in [0.25, 0.3) is 0 Å². The van der Waals surface area contributed by atoms with E-state index in [2.05, 4.69) is 9.47 Å². The second-order valence-electron chi connectivity index (χ2n) is 5.13. The summed E-state index contributed by atoms with van der Waals surface area (Å²) >= 11 is 0. The van der Waals surface area contributed by atoms with E-state index >= 15 is 0 Å². The first-order valence-electron chi connectivity index (χ1n) is 7.03. The van der Waals surface area contributed by atoms with Gasteiger partial charge < -0.3 is 9.47 Å². The highest BCUT2D eigenvalue weighted by Crippen LogP contribution is 2.29. The van der Waals surface area contributed by atoms with Gasteiger partial charge in [-0.3, -0.25) is 10.1 Å². The van der Waals surface area contributed by atoms with Gasteiger partial charge >= 0.3 is 11.9 Å². The number of hydrogen-bond donors (Lipinski definition) is 0. The number of benzene rings is 1. The number of rotatable bonds is 5. The normalized spacial score (nSPS) is 11.0. The van der Waals surface area contributed by atoms with E-state index in [1.807, 2.05) is 0 Å². The third kappa shape index (κ3) is 3.28. The number of nitro groups is 1. The molecule has 0 radical (unpaired) electrons. The van der Waals surface area contributed by atoms with Crippen molar-refractivity contribution in [3.63, 3.8) is 0 Å². The van der Waals surface area contributed by atoms with Crippen molar-refractivity contribution in [2.75, 3.05) is 14.2 Å². The molecule has 0 bridgehead atoms. The molecule has 1 aromatic heterocycles. The summed E-state index contributed by atoms with van der Waals surface area (Å²) in [5.41, 5.74) is -0.885. The van der Waals surface area contributed by atoms with Gasteiger partial charge in [-0.25, -0.2) is 22.0 Å². The Kier molecular flexibility index (Phi) is 5.12. The van der Waals surface area contributed by atoms with Crippen molar-refractivity contribution < 1.29 is 32.4 Å². The number of esters is 2. The predicted octanol–water partition coefficient (Wildman–Crippen LogP) is 1.51. The van der Waals surface area contributed by atoms with Gasteiger partial charge in [-0.2, -0.15) is 0 Å². The zero-order valence-corrected chi connectivity index (χ0v) is 14.8. The lowest BCUT2D eigenvalue weighted by Crippen LogP contribution is -2.19. The van der Waals surface area contributed by atoms with E-state index in [1.165, 1.54) is 6.07 Å². The first-order chi connectivity index (χ1) is 12.1. The Hall–Kier alpha value is -3.21. The van der Waals surface area contributed by atoms with Crippen molar-refractivity contribution in [3.05, 3.63) is 57.4 Å². The molecule has 0 spiro atoms. The first-order valence-corrected chi connectivity index (χ1v) is 8.47. The molecule has 0 aliphatic carbocycles. The molecule has 1 aromatic carbocycles. The van der Waals surface area contributed by atoms with Gasteiger partial charge in [0, 0.05) is 12.3 Å². The highest BCUT2D eigenvalue weighted by Gasteiger charge is 2.31. The summed E-state index contributed by atoms with van der Waals surface area (Å²) in [7, 11) is -2.34. The van der Waals surface area contributed by atoms with E-state index in [0.29, 0.717) is 9.54 Å². The van der Waals surface area contributed by atoms with Gasteiger partial charge in [-0.15, -0.1) is 0 Å². The molecule has 138 valence electrons. The summed E-state index contributed by atoms with van der Waals surface area (Å²) in [5, 5.41) is 11.3. The largest absolute Gasteiger partial charge is 0.465 e. The zero-order valence-electron chi connectivity index (χ0n) is 14.0. The lowest BCUT2D eigenvalue weighted by Gasteiger charge is -2.10. The molecule has 0 fully saturated rings. The second kappa shape index (κ2) is 6.96. The first kappa shape index (κ1) is 19.1. The van der Waals surface area contributed by atoms with Crippen LogP contribution in [0.5, 0.6) is 0 Å². The van der Waals surface area contributed by atoms with Gasteiger partial charge in [0.25, 0.3) is 15.7 Å². The minimum absolute atomic E-state index is 0.185. The van der Waals surface area contributed by atoms with Gasteiger partial charge in [-0.05, 0) is 30.7 Å². The Morgan fingerprint density at radius 3 is 2.27 bits per heavy atom. The summed E-state index contributed by atoms with van der Waals surface area (Å²) in [5.74, 6) is -1.78. The number of carbonyl (C=O) groups excluding carboxylic acids is 2. The fraction of sp³-hybridized carbons (Fsp3) is 0.200. The minimum atomic E-state index is -4.51. The molecular formula is C15H14N2O8S. The molecule has 0 saturated heterocycles. The van der Waals surface area contributed by atoms with Crippen LogP contribution in [0, 0.1) is 17.0 Å². The maximum atomic E-state index is 12.9. The van der Waals surface area contributed by atoms with E-state index < -0.39 is 37.5 Å². The molecule has 10 nitrogen and oxygen atoms in total. The monoisotopic (exact) mass is 382 g/mol. The molecular weight excluding hydrogens is 368 g/mol. The van der Waals surface area contributed by atoms with Gasteiger partial charge in [0.15, 0.2) is 4.90 Å². The molecule has 0 aliphatic rings. The molecule has 26 heavy (non-hydrogen) atoms. The van der Waals surface area contributed by atoms with E-state index in [4.69, 9.17) is 0 Å². The molecule has 0 unspecified atom stereocenters. The molecule has 11 heteroatoms. The molecule has 0 aliphatic heterocycles. The minimum Gasteiger partial charge on any atom is -0.465 e. The van der Waals surface area contributed by atoms with Gasteiger partial charge in [-0.1, -0.05) is 0 Å². The number of aromatic nitrogens is 1. The summed E-state index contributed by atoms with van der Waals surface area (Å²) in [6, 6.07) is 4.07. The Balaban J connectivity index is 2.73. The van der Waals surface area contributed by atoms with E-state index in [-0.39, 0.29) is 11.3 Å². The van der Waals surface area contributed by atoms with Gasteiger partial charge in [0.2, 0.25) is 0 Å². The number of hydrogen-bond acceptors (Lipinski definition) is 8. The summed E-state index contributed by atoms with van der Waals surface area (Å²) in [6.07, 6.45) is 1.14. The van der Waals surface area contributed by atoms with Crippen LogP contribution in [0.2, 0.25) is 0 Å². The van der Waals surface area contributed by atoms with Crippen LogP contribution in [0.15, 0.2) is 35.4 Å². The van der Waals surface area contributed by atoms with Crippen LogP contribution >= 0.6 is 0 Å². The summed E-state index contributed by atoms with van der Waals surface area (Å²) in [6.45, 7) is 1.55. The highest BCUT2D eigenvalue weighted by atomic mass is 32.2. The average Bonchev–Trinajstić information content (AvgIpc) is 3.02. The quantitative estimate of drug-likeness (QED) is 0.431. The van der Waals surface area contributed by atoms with Crippen LogP contribution in [0.4, 0.5) is 5.69 Å². The fourth-order valence-electron chi connectivity index (χ4n) is 2.25. The van der Waals surface area contributed by atoms with Crippen LogP contribution in [-0.4, -0.2) is 43.5 Å². The maximum absolute atomic E-state index is 12.9. The second-order valence-corrected chi connectivity index (χ2v) is 6.91. The lowest BCUT2D eigenvalue weighted by atomic mass is 10.2. The number of nitro benzene ring substituents is 1. The molecule has 0 N–H and O–H groups in total. The average molecular weight is 382 g/mol. The van der Waals surface area contributed by atoms with E-state index in [9.17, 15) is 28.1 Å². The third-order valence-corrected chi connectivity index (χ3v) is 5.15. The van der Waals surface area contributed by atoms with Crippen LogP contribution in [0.1, 0.15) is 26.4 Å². The van der Waals surface area contributed by atoms with Crippen molar-refractivity contribution in [1.82, 2.24) is 3.97 Å². The SMILES string of the molecule is COC(=O)c1ccc(S(=O)(=O)n2cc(C)cc2C(=O)OC)c([N+](=O)[O-])c1. The number of methoxy groups -OCH3 is 2. The Bertz CT molecular complexity index is 1010. The standard InChI is InChI=1S/C15H14N2O8S/c1-9-6-12(15(19)25-3)16(8-9)26(22,23)13-5-4-10(14(18)24-2)7-11(13)17(20)21/h4-8H,1-3H3. The zero-order chi connectivity index (χ0) is 19.6. The number of aryl methyl sites for hydroxylation is 1. The van der Waals surface area contributed by atoms with Crippen molar-refractivity contribution in [2.45, 2.75) is 11.8 Å². The molecule has 0 saturated carbocycles. The molecule has 2 rings (SSSR count). The Labute approximate surface area is 148 Å². The van der Waals surface area contributed by atoms with Crippen molar-refractivity contribution in [2.24, 2.45) is 0 Å². The topological polar surface area (TPSA) is 135 Å². The highest BCUT2D eigenvalue weighted by molar-refractivity contribution is 7.90. The molecule has 0 amide bonds. The van der Waals surface area contributed by atoms with Crippen molar-refractivity contribution in [3.8, 4) is 0 Å². The smallest absolute Gasteiger partial charge is 0.355 e. The predicted molar refractivity (Wildman–Crippen MR) is 87.5 cm³/mol. The number of nitrogens with zero attached hydrogens (tertiary/aromatic N) is 2. The number of ether oxygens (including phenoxy) is 2. The maximum Gasteiger partial charge on any atom is 0.355 e. The summed E-state index contributed by atoms with van der Waals surface area (Å²) < 4.78 is 35.4. The lowest BCUT2D eigenvalue weighted by molar-refractivity contribution is -0.387. The van der Waals surface area contributed by atoms with Gasteiger partial charge in [0.05, 0.1) is 24.7 Å². The van der Waals surface area contributed by atoms with Crippen molar-refractivity contribution in [1.29, 1.82) is 0 Å². The van der Waals surface area contributed by atoms with Crippen LogP contribution in [0.3, 0.4) is 0 Å². The fourth-order valence-corrected chi connectivity index (χ4v) is 3.79. The van der Waals surface area contributed by atoms with Crippen LogP contribution in [-0.2, 0) is 19.5 Å². The van der Waals surface area contributed by atoms with E-state index in [1.54, 1.807) is 6.92 Å². The van der Waals surface area contributed by atoms with Crippen LogP contribution < -0.4 is 0 Å². The van der Waals surface area contributed by atoms with Gasteiger partial charge in [0.1, 0.15) is 5.69 Å². The van der Waals surface area contributed by atoms with E-state index in [0.717, 1.165) is 38.6 Å². The Morgan fingerprint density at radius 1 is 1.12 bits per heavy atom. The van der Waals surface area contributed by atoms with Crippen molar-refractivity contribution >= 4 is 27.6 Å². The molecule has 1 heterocycles.